The Bertz CT molecular complexity index is 908. The third-order valence-electron chi connectivity index (χ3n) is 4.88. The molecule has 3 aromatic carbocycles. The highest BCUT2D eigenvalue weighted by molar-refractivity contribution is 7.98. The molecule has 0 aliphatic carbocycles. The lowest BCUT2D eigenvalue weighted by molar-refractivity contribution is 0.321. The molecule has 0 bridgehead atoms. The molecule has 4 heteroatoms. The largest absolute Gasteiger partial charge is 0.492 e. The molecule has 3 rings (SSSR count). The molecule has 0 atom stereocenters. The molecule has 0 aromatic heterocycles. The summed E-state index contributed by atoms with van der Waals surface area (Å²) in [4.78, 5) is 0. The van der Waals surface area contributed by atoms with E-state index in [1.807, 2.05) is 23.5 Å². The molecule has 0 spiro atoms. The lowest BCUT2D eigenvalue weighted by atomic mass is 9.98. The maximum Gasteiger partial charge on any atom is 0.135 e. The standard InChI is InChI=1S/C24H30O2S2/c1-4-18-11-12-21-22(17-18)24(26-14-8-16-28-3)20-10-6-5-9-19(20)23(21)25-13-7-15-27-2/h5-6,9-12,17H,4,7-8,13-16H2,1-3H3. The zero-order chi connectivity index (χ0) is 19.8. The van der Waals surface area contributed by atoms with Crippen molar-refractivity contribution in [2.45, 2.75) is 26.2 Å². The molecule has 0 saturated heterocycles. The molecule has 3 aromatic rings. The molecular weight excluding hydrogens is 384 g/mol. The minimum absolute atomic E-state index is 0.739. The summed E-state index contributed by atoms with van der Waals surface area (Å²) < 4.78 is 12.7. The van der Waals surface area contributed by atoms with Gasteiger partial charge >= 0.3 is 0 Å². The Hall–Kier alpha value is -1.52. The number of rotatable bonds is 11. The lowest BCUT2D eigenvalue weighted by Gasteiger charge is -2.18. The minimum atomic E-state index is 0.739. The van der Waals surface area contributed by atoms with E-state index in [-0.39, 0.29) is 0 Å². The summed E-state index contributed by atoms with van der Waals surface area (Å²) in [5.41, 5.74) is 1.32. The van der Waals surface area contributed by atoms with Gasteiger partial charge in [-0.15, -0.1) is 0 Å². The van der Waals surface area contributed by atoms with Gasteiger partial charge in [-0.3, -0.25) is 0 Å². The Morgan fingerprint density at radius 1 is 0.714 bits per heavy atom. The topological polar surface area (TPSA) is 18.5 Å². The average Bonchev–Trinajstić information content (AvgIpc) is 2.74. The van der Waals surface area contributed by atoms with Gasteiger partial charge < -0.3 is 9.47 Å². The summed E-state index contributed by atoms with van der Waals surface area (Å²) >= 11 is 3.73. The molecule has 0 unspecified atom stereocenters. The van der Waals surface area contributed by atoms with Crippen LogP contribution in [0, 0.1) is 0 Å². The molecule has 0 aliphatic heterocycles. The van der Waals surface area contributed by atoms with Crippen LogP contribution in [0.15, 0.2) is 42.5 Å². The summed E-state index contributed by atoms with van der Waals surface area (Å²) in [6.45, 7) is 3.68. The van der Waals surface area contributed by atoms with Crippen molar-refractivity contribution in [1.82, 2.24) is 0 Å². The van der Waals surface area contributed by atoms with Crippen LogP contribution < -0.4 is 9.47 Å². The van der Waals surface area contributed by atoms with E-state index in [0.29, 0.717) is 0 Å². The van der Waals surface area contributed by atoms with E-state index in [1.54, 1.807) is 0 Å². The predicted octanol–water partition coefficient (Wildman–Crippen LogP) is 6.82. The van der Waals surface area contributed by atoms with Crippen molar-refractivity contribution in [3.05, 3.63) is 48.0 Å². The second kappa shape index (κ2) is 10.9. The van der Waals surface area contributed by atoms with Crippen LogP contribution in [-0.4, -0.2) is 37.2 Å². The average molecular weight is 415 g/mol. The third kappa shape index (κ3) is 4.90. The maximum absolute atomic E-state index is 6.36. The van der Waals surface area contributed by atoms with Crippen molar-refractivity contribution in [3.8, 4) is 11.5 Å². The predicted molar refractivity (Wildman–Crippen MR) is 128 cm³/mol. The Morgan fingerprint density at radius 3 is 1.79 bits per heavy atom. The van der Waals surface area contributed by atoms with Crippen molar-refractivity contribution in [2.24, 2.45) is 0 Å². The summed E-state index contributed by atoms with van der Waals surface area (Å²) in [5.74, 6) is 4.23. The minimum Gasteiger partial charge on any atom is -0.492 e. The highest BCUT2D eigenvalue weighted by Gasteiger charge is 2.16. The number of fused-ring (bicyclic) bond motifs is 2. The molecule has 0 saturated carbocycles. The van der Waals surface area contributed by atoms with Gasteiger partial charge in [0.15, 0.2) is 0 Å². The van der Waals surface area contributed by atoms with Crippen LogP contribution in [0.25, 0.3) is 21.5 Å². The van der Waals surface area contributed by atoms with Crippen molar-refractivity contribution < 1.29 is 9.47 Å². The number of thioether (sulfide) groups is 2. The van der Waals surface area contributed by atoms with Gasteiger partial charge in [-0.2, -0.15) is 23.5 Å². The van der Waals surface area contributed by atoms with Gasteiger partial charge in [0.2, 0.25) is 0 Å². The van der Waals surface area contributed by atoms with Crippen LogP contribution in [0.2, 0.25) is 0 Å². The Kier molecular flexibility index (Phi) is 8.23. The zero-order valence-corrected chi connectivity index (χ0v) is 18.8. The number of hydrogen-bond donors (Lipinski definition) is 0. The smallest absolute Gasteiger partial charge is 0.135 e. The Morgan fingerprint density at radius 2 is 1.25 bits per heavy atom. The van der Waals surface area contributed by atoms with Crippen LogP contribution in [0.3, 0.4) is 0 Å². The maximum atomic E-state index is 6.36. The Balaban J connectivity index is 2.10. The van der Waals surface area contributed by atoms with Gasteiger partial charge in [-0.1, -0.05) is 43.3 Å². The van der Waals surface area contributed by atoms with Gasteiger partial charge in [0.05, 0.1) is 13.2 Å². The summed E-state index contributed by atoms with van der Waals surface area (Å²) in [6, 6.07) is 15.2. The van der Waals surface area contributed by atoms with Crippen molar-refractivity contribution in [2.75, 3.05) is 37.2 Å². The van der Waals surface area contributed by atoms with Gasteiger partial charge in [-0.05, 0) is 54.9 Å². The van der Waals surface area contributed by atoms with Crippen LogP contribution in [-0.2, 0) is 6.42 Å². The van der Waals surface area contributed by atoms with Crippen LogP contribution >= 0.6 is 23.5 Å². The van der Waals surface area contributed by atoms with E-state index in [1.165, 1.54) is 10.9 Å². The fourth-order valence-electron chi connectivity index (χ4n) is 3.43. The number of hydrogen-bond acceptors (Lipinski definition) is 4. The van der Waals surface area contributed by atoms with Gasteiger partial charge in [0.25, 0.3) is 0 Å². The first-order chi connectivity index (χ1) is 13.8. The number of benzene rings is 3. The van der Waals surface area contributed by atoms with Crippen LogP contribution in [0.4, 0.5) is 0 Å². The third-order valence-corrected chi connectivity index (χ3v) is 6.27. The monoisotopic (exact) mass is 414 g/mol. The lowest BCUT2D eigenvalue weighted by Crippen LogP contribution is -2.03. The molecular formula is C24H30O2S2. The van der Waals surface area contributed by atoms with Gasteiger partial charge in [-0.25, -0.2) is 0 Å². The number of ether oxygens (including phenoxy) is 2. The van der Waals surface area contributed by atoms with E-state index >= 15 is 0 Å². The molecule has 0 heterocycles. The van der Waals surface area contributed by atoms with E-state index in [0.717, 1.165) is 71.6 Å². The highest BCUT2D eigenvalue weighted by Crippen LogP contribution is 2.43. The normalized spacial score (nSPS) is 11.2. The number of aryl methyl sites for hydroxylation is 1. The second-order valence-electron chi connectivity index (χ2n) is 6.83. The summed E-state index contributed by atoms with van der Waals surface area (Å²) in [5, 5.41) is 4.61. The quantitative estimate of drug-likeness (QED) is 0.253. The SMILES string of the molecule is CCc1ccc2c(OCCCSC)c3ccccc3c(OCCCSC)c2c1. The molecule has 150 valence electrons. The van der Waals surface area contributed by atoms with E-state index in [2.05, 4.69) is 61.9 Å². The molecule has 0 amide bonds. The molecule has 0 fully saturated rings. The summed E-state index contributed by atoms with van der Waals surface area (Å²) in [7, 11) is 0. The van der Waals surface area contributed by atoms with Gasteiger partial charge in [0.1, 0.15) is 11.5 Å². The molecule has 28 heavy (non-hydrogen) atoms. The molecule has 0 radical (unpaired) electrons. The molecule has 2 nitrogen and oxygen atoms in total. The first kappa shape index (κ1) is 21.2. The van der Waals surface area contributed by atoms with E-state index < -0.39 is 0 Å². The zero-order valence-electron chi connectivity index (χ0n) is 17.1. The van der Waals surface area contributed by atoms with Crippen molar-refractivity contribution in [3.63, 3.8) is 0 Å². The second-order valence-corrected chi connectivity index (χ2v) is 8.80. The van der Waals surface area contributed by atoms with E-state index in [4.69, 9.17) is 9.47 Å². The molecule has 0 N–H and O–H groups in total. The van der Waals surface area contributed by atoms with Crippen molar-refractivity contribution >= 4 is 45.1 Å². The molecule has 0 aliphatic rings. The van der Waals surface area contributed by atoms with Crippen LogP contribution in [0.5, 0.6) is 11.5 Å². The highest BCUT2D eigenvalue weighted by atomic mass is 32.2. The Labute approximate surface area is 177 Å². The first-order valence-corrected chi connectivity index (χ1v) is 12.8. The summed E-state index contributed by atoms with van der Waals surface area (Å²) in [6.07, 6.45) is 7.40. The fourth-order valence-corrected chi connectivity index (χ4v) is 4.25. The van der Waals surface area contributed by atoms with E-state index in [9.17, 15) is 0 Å². The van der Waals surface area contributed by atoms with Gasteiger partial charge in [0, 0.05) is 21.5 Å². The van der Waals surface area contributed by atoms with Crippen molar-refractivity contribution in [1.29, 1.82) is 0 Å². The fraction of sp³-hybridized carbons (Fsp3) is 0.417. The van der Waals surface area contributed by atoms with Crippen LogP contribution in [0.1, 0.15) is 25.3 Å². The first-order valence-electron chi connectivity index (χ1n) is 10.0.